The molecule has 1 aromatic rings. The van der Waals surface area contributed by atoms with Crippen molar-refractivity contribution in [3.8, 4) is 5.75 Å². The quantitative estimate of drug-likeness (QED) is 0.654. The summed E-state index contributed by atoms with van der Waals surface area (Å²) in [4.78, 5) is 28.4. The van der Waals surface area contributed by atoms with E-state index in [2.05, 4.69) is 15.6 Å². The molecule has 0 unspecified atom stereocenters. The number of hydrogen-bond acceptors (Lipinski definition) is 6. The van der Waals surface area contributed by atoms with Crippen LogP contribution < -0.4 is 15.4 Å². The van der Waals surface area contributed by atoms with E-state index in [-0.39, 0.29) is 18.2 Å². The summed E-state index contributed by atoms with van der Waals surface area (Å²) in [5.41, 5.74) is 0.666. The number of hydrogen-bond donors (Lipinski definition) is 2. The summed E-state index contributed by atoms with van der Waals surface area (Å²) in [7, 11) is 1.58. The maximum Gasteiger partial charge on any atom is 0.240 e. The van der Waals surface area contributed by atoms with E-state index in [0.29, 0.717) is 36.4 Å². The number of thioether (sulfide) groups is 1. The number of carbonyl (C=O) groups excluding carboxylic acids is 2. The van der Waals surface area contributed by atoms with Crippen molar-refractivity contribution in [2.45, 2.75) is 25.0 Å². The number of methoxy groups -OCH3 is 1. The van der Waals surface area contributed by atoms with Crippen LogP contribution >= 0.6 is 11.8 Å². The van der Waals surface area contributed by atoms with E-state index < -0.39 is 5.25 Å². The summed E-state index contributed by atoms with van der Waals surface area (Å²) in [5.74, 6) is 0.322. The van der Waals surface area contributed by atoms with Crippen molar-refractivity contribution in [3.63, 3.8) is 0 Å². The van der Waals surface area contributed by atoms with Crippen molar-refractivity contribution >= 4 is 34.4 Å². The van der Waals surface area contributed by atoms with Gasteiger partial charge < -0.3 is 20.1 Å². The van der Waals surface area contributed by atoms with Gasteiger partial charge in [-0.05, 0) is 37.6 Å². The molecule has 2 N–H and O–H groups in total. The van der Waals surface area contributed by atoms with Crippen molar-refractivity contribution in [1.29, 1.82) is 0 Å². The molecule has 0 aromatic heterocycles. The SMILES string of the molecule is CCOCCCN=C1NC(=O)[C@@H](CC(=O)Nc2ccc(OC)cc2)S1. The highest BCUT2D eigenvalue weighted by atomic mass is 32.2. The minimum Gasteiger partial charge on any atom is -0.497 e. The summed E-state index contributed by atoms with van der Waals surface area (Å²) in [5, 5.41) is 5.61. The van der Waals surface area contributed by atoms with Crippen LogP contribution in [0.1, 0.15) is 19.8 Å². The molecule has 25 heavy (non-hydrogen) atoms. The second kappa shape index (κ2) is 10.0. The van der Waals surface area contributed by atoms with Crippen LogP contribution in [0.15, 0.2) is 29.3 Å². The molecule has 1 aliphatic rings. The third-order valence-corrected chi connectivity index (χ3v) is 4.55. The van der Waals surface area contributed by atoms with E-state index in [4.69, 9.17) is 9.47 Å². The smallest absolute Gasteiger partial charge is 0.240 e. The van der Waals surface area contributed by atoms with Crippen LogP contribution in [-0.2, 0) is 14.3 Å². The molecule has 1 aromatic carbocycles. The topological polar surface area (TPSA) is 89.0 Å². The molecular formula is C17H23N3O4S. The Hall–Kier alpha value is -2.06. The van der Waals surface area contributed by atoms with Gasteiger partial charge in [0, 0.05) is 31.9 Å². The predicted molar refractivity (Wildman–Crippen MR) is 99.2 cm³/mol. The molecule has 0 radical (unpaired) electrons. The summed E-state index contributed by atoms with van der Waals surface area (Å²) in [6.45, 7) is 3.88. The Balaban J connectivity index is 1.78. The van der Waals surface area contributed by atoms with Crippen LogP contribution in [0.3, 0.4) is 0 Å². The highest BCUT2D eigenvalue weighted by molar-refractivity contribution is 8.15. The van der Waals surface area contributed by atoms with E-state index in [1.165, 1.54) is 11.8 Å². The van der Waals surface area contributed by atoms with E-state index in [9.17, 15) is 9.59 Å². The summed E-state index contributed by atoms with van der Waals surface area (Å²) in [6, 6.07) is 7.03. The fraction of sp³-hybridized carbons (Fsp3) is 0.471. The Kier molecular flexibility index (Phi) is 7.75. The number of amidine groups is 1. The lowest BCUT2D eigenvalue weighted by Gasteiger charge is -2.08. The standard InChI is InChI=1S/C17H23N3O4S/c1-3-24-10-4-9-18-17-20-16(22)14(25-17)11-15(21)19-12-5-7-13(23-2)8-6-12/h5-8,14H,3-4,9-11H2,1-2H3,(H,19,21)(H,18,20,22)/t14-/m1/s1. The van der Waals surface area contributed by atoms with E-state index in [0.717, 1.165) is 6.42 Å². The van der Waals surface area contributed by atoms with E-state index in [1.807, 2.05) is 6.92 Å². The zero-order valence-corrected chi connectivity index (χ0v) is 15.2. The van der Waals surface area contributed by atoms with Crippen molar-refractivity contribution in [2.24, 2.45) is 4.99 Å². The first-order valence-corrected chi connectivity index (χ1v) is 9.04. The Morgan fingerprint density at radius 3 is 2.80 bits per heavy atom. The Morgan fingerprint density at radius 1 is 1.36 bits per heavy atom. The lowest BCUT2D eigenvalue weighted by atomic mass is 10.2. The average molecular weight is 365 g/mol. The number of nitrogens with one attached hydrogen (secondary N) is 2. The maximum atomic E-state index is 12.1. The minimum absolute atomic E-state index is 0.0977. The molecule has 0 aliphatic carbocycles. The molecule has 8 heteroatoms. The number of amides is 2. The summed E-state index contributed by atoms with van der Waals surface area (Å²) < 4.78 is 10.3. The fourth-order valence-corrected chi connectivity index (χ4v) is 3.16. The van der Waals surface area contributed by atoms with Gasteiger partial charge in [0.05, 0.1) is 7.11 Å². The summed E-state index contributed by atoms with van der Waals surface area (Å²) >= 11 is 1.30. The van der Waals surface area contributed by atoms with Crippen molar-refractivity contribution in [2.75, 3.05) is 32.2 Å². The van der Waals surface area contributed by atoms with Crippen LogP contribution in [0.2, 0.25) is 0 Å². The predicted octanol–water partition coefficient (Wildman–Crippen LogP) is 2.04. The largest absolute Gasteiger partial charge is 0.497 e. The Morgan fingerprint density at radius 2 is 2.12 bits per heavy atom. The van der Waals surface area contributed by atoms with Crippen molar-refractivity contribution in [1.82, 2.24) is 5.32 Å². The minimum atomic E-state index is -0.455. The fourth-order valence-electron chi connectivity index (χ4n) is 2.16. The third-order valence-electron chi connectivity index (χ3n) is 3.43. The zero-order chi connectivity index (χ0) is 18.1. The van der Waals surface area contributed by atoms with Gasteiger partial charge in [-0.15, -0.1) is 0 Å². The van der Waals surface area contributed by atoms with Crippen molar-refractivity contribution in [3.05, 3.63) is 24.3 Å². The lowest BCUT2D eigenvalue weighted by molar-refractivity contribution is -0.122. The number of ether oxygens (including phenoxy) is 2. The zero-order valence-electron chi connectivity index (χ0n) is 14.4. The molecule has 1 atom stereocenters. The van der Waals surface area contributed by atoms with Gasteiger partial charge in [-0.25, -0.2) is 0 Å². The second-order valence-electron chi connectivity index (χ2n) is 5.31. The van der Waals surface area contributed by atoms with Gasteiger partial charge in [-0.2, -0.15) is 0 Å². The van der Waals surface area contributed by atoms with Gasteiger partial charge in [-0.1, -0.05) is 11.8 Å². The average Bonchev–Trinajstić information content (AvgIpc) is 2.95. The molecule has 0 bridgehead atoms. The maximum absolute atomic E-state index is 12.1. The Labute approximate surface area is 151 Å². The second-order valence-corrected chi connectivity index (χ2v) is 6.51. The molecular weight excluding hydrogens is 342 g/mol. The van der Waals surface area contributed by atoms with Gasteiger partial charge in [0.2, 0.25) is 11.8 Å². The molecule has 1 saturated heterocycles. The highest BCUT2D eigenvalue weighted by Gasteiger charge is 2.31. The van der Waals surface area contributed by atoms with Gasteiger partial charge in [0.1, 0.15) is 11.0 Å². The molecule has 2 rings (SSSR count). The third kappa shape index (κ3) is 6.39. The first-order valence-electron chi connectivity index (χ1n) is 8.16. The van der Waals surface area contributed by atoms with Gasteiger partial charge in [0.15, 0.2) is 5.17 Å². The van der Waals surface area contributed by atoms with Crippen LogP contribution in [0.5, 0.6) is 5.75 Å². The monoisotopic (exact) mass is 365 g/mol. The number of benzene rings is 1. The molecule has 1 aliphatic heterocycles. The van der Waals surface area contributed by atoms with E-state index >= 15 is 0 Å². The molecule has 7 nitrogen and oxygen atoms in total. The van der Waals surface area contributed by atoms with Crippen LogP contribution in [-0.4, -0.2) is 49.1 Å². The molecule has 0 spiro atoms. The Bertz CT molecular complexity index is 619. The number of carbonyl (C=O) groups is 2. The normalized spacial score (nSPS) is 18.2. The van der Waals surface area contributed by atoms with Crippen molar-refractivity contribution < 1.29 is 19.1 Å². The number of nitrogens with zero attached hydrogens (tertiary/aromatic N) is 1. The van der Waals surface area contributed by atoms with Gasteiger partial charge >= 0.3 is 0 Å². The molecule has 1 fully saturated rings. The molecule has 1 heterocycles. The van der Waals surface area contributed by atoms with Gasteiger partial charge in [-0.3, -0.25) is 14.6 Å². The van der Waals surface area contributed by atoms with Crippen LogP contribution in [0.25, 0.3) is 0 Å². The highest BCUT2D eigenvalue weighted by Crippen LogP contribution is 2.23. The molecule has 136 valence electrons. The molecule has 2 amide bonds. The van der Waals surface area contributed by atoms with Gasteiger partial charge in [0.25, 0.3) is 0 Å². The first-order chi connectivity index (χ1) is 12.1. The van der Waals surface area contributed by atoms with E-state index in [1.54, 1.807) is 31.4 Å². The number of aliphatic imine (C=N–C) groups is 1. The van der Waals surface area contributed by atoms with Crippen LogP contribution in [0, 0.1) is 0 Å². The van der Waals surface area contributed by atoms with Crippen LogP contribution in [0.4, 0.5) is 5.69 Å². The lowest BCUT2D eigenvalue weighted by Crippen LogP contribution is -2.28. The first kappa shape index (κ1) is 19.3. The summed E-state index contributed by atoms with van der Waals surface area (Å²) in [6.07, 6.45) is 0.900. The number of rotatable bonds is 9. The molecule has 0 saturated carbocycles. The number of anilines is 1.